The Morgan fingerprint density at radius 3 is 2.36 bits per heavy atom. The highest BCUT2D eigenvalue weighted by atomic mass is 14.7. The molecular weight excluding hydrogens is 134 g/mol. The molecule has 1 heteroatoms. The third-order valence-corrected chi connectivity index (χ3v) is 1.73. The van der Waals surface area contributed by atoms with E-state index in [-0.39, 0.29) is 0 Å². The van der Waals surface area contributed by atoms with E-state index in [0.717, 1.165) is 12.1 Å². The van der Waals surface area contributed by atoms with Crippen LogP contribution in [-0.4, -0.2) is 12.8 Å². The van der Waals surface area contributed by atoms with E-state index in [0.29, 0.717) is 5.92 Å². The van der Waals surface area contributed by atoms with Crippen LogP contribution in [0.5, 0.6) is 0 Å². The van der Waals surface area contributed by atoms with Gasteiger partial charge >= 0.3 is 0 Å². The monoisotopic (exact) mass is 153 g/mol. The minimum Gasteiger partial charge on any atom is -0.293 e. The Balaban J connectivity index is 3.61. The van der Waals surface area contributed by atoms with Crippen molar-refractivity contribution < 1.29 is 0 Å². The van der Waals surface area contributed by atoms with E-state index >= 15 is 0 Å². The van der Waals surface area contributed by atoms with Crippen LogP contribution < -0.4 is 0 Å². The van der Waals surface area contributed by atoms with Gasteiger partial charge in [0, 0.05) is 6.21 Å². The van der Waals surface area contributed by atoms with Gasteiger partial charge in [-0.1, -0.05) is 26.0 Å². The summed E-state index contributed by atoms with van der Waals surface area (Å²) in [5.74, 6) is 0.661. The van der Waals surface area contributed by atoms with E-state index in [1.54, 1.807) is 0 Å². The fourth-order valence-corrected chi connectivity index (χ4v) is 0.857. The molecule has 0 rings (SSSR count). The number of rotatable bonds is 5. The van der Waals surface area contributed by atoms with Crippen molar-refractivity contribution in [3.63, 3.8) is 0 Å². The summed E-state index contributed by atoms with van der Waals surface area (Å²) in [6.07, 6.45) is 4.45. The molecule has 1 nitrogen and oxygen atoms in total. The minimum atomic E-state index is 0.661. The molecule has 11 heavy (non-hydrogen) atoms. The average molecular weight is 153 g/mol. The maximum Gasteiger partial charge on any atom is 0.0590 e. The summed E-state index contributed by atoms with van der Waals surface area (Å²) in [6.45, 7) is 11.0. The zero-order valence-corrected chi connectivity index (χ0v) is 7.93. The van der Waals surface area contributed by atoms with Crippen molar-refractivity contribution in [1.29, 1.82) is 0 Å². The Kier molecular flexibility index (Phi) is 5.81. The van der Waals surface area contributed by atoms with Crippen molar-refractivity contribution in [2.75, 3.05) is 6.54 Å². The van der Waals surface area contributed by atoms with E-state index in [1.807, 2.05) is 6.92 Å². The molecule has 0 bridgehead atoms. The molecule has 0 spiro atoms. The van der Waals surface area contributed by atoms with Crippen molar-refractivity contribution in [3.05, 3.63) is 12.2 Å². The highest BCUT2D eigenvalue weighted by Crippen LogP contribution is 2.03. The Morgan fingerprint density at radius 1 is 1.45 bits per heavy atom. The van der Waals surface area contributed by atoms with Crippen LogP contribution in [0.15, 0.2) is 17.1 Å². The van der Waals surface area contributed by atoms with Gasteiger partial charge in [0.05, 0.1) is 6.54 Å². The van der Waals surface area contributed by atoms with Gasteiger partial charge in [-0.2, -0.15) is 0 Å². The Bertz CT molecular complexity index is 132. The second-order valence-electron chi connectivity index (χ2n) is 3.02. The maximum absolute atomic E-state index is 4.29. The SMILES string of the molecule is C=C(C)CN=CC(CC)CC. The van der Waals surface area contributed by atoms with E-state index in [4.69, 9.17) is 0 Å². The van der Waals surface area contributed by atoms with Crippen LogP contribution in [0.4, 0.5) is 0 Å². The van der Waals surface area contributed by atoms with Crippen LogP contribution in [0.1, 0.15) is 33.6 Å². The van der Waals surface area contributed by atoms with Gasteiger partial charge in [0.1, 0.15) is 0 Å². The smallest absolute Gasteiger partial charge is 0.0590 e. The van der Waals surface area contributed by atoms with Gasteiger partial charge < -0.3 is 0 Å². The van der Waals surface area contributed by atoms with E-state index in [9.17, 15) is 0 Å². The number of nitrogens with zero attached hydrogens (tertiary/aromatic N) is 1. The summed E-state index contributed by atoms with van der Waals surface area (Å²) in [5.41, 5.74) is 1.13. The average Bonchev–Trinajstić information content (AvgIpc) is 1.98. The molecule has 0 unspecified atom stereocenters. The van der Waals surface area contributed by atoms with Crippen molar-refractivity contribution in [3.8, 4) is 0 Å². The predicted octanol–water partition coefficient (Wildman–Crippen LogP) is 3.07. The van der Waals surface area contributed by atoms with Crippen LogP contribution >= 0.6 is 0 Å². The molecule has 0 fully saturated rings. The fraction of sp³-hybridized carbons (Fsp3) is 0.700. The highest BCUT2D eigenvalue weighted by molar-refractivity contribution is 5.60. The lowest BCUT2D eigenvalue weighted by molar-refractivity contribution is 0.653. The summed E-state index contributed by atoms with van der Waals surface area (Å²) in [7, 11) is 0. The van der Waals surface area contributed by atoms with Crippen LogP contribution in [0.3, 0.4) is 0 Å². The number of hydrogen-bond donors (Lipinski definition) is 0. The molecular formula is C10H19N. The second kappa shape index (κ2) is 6.14. The van der Waals surface area contributed by atoms with Crippen molar-refractivity contribution >= 4 is 6.21 Å². The molecule has 0 aromatic carbocycles. The molecule has 0 aliphatic carbocycles. The van der Waals surface area contributed by atoms with Crippen LogP contribution in [0.2, 0.25) is 0 Å². The largest absolute Gasteiger partial charge is 0.293 e. The molecule has 0 N–H and O–H groups in total. The van der Waals surface area contributed by atoms with Gasteiger partial charge in [0.25, 0.3) is 0 Å². The topological polar surface area (TPSA) is 12.4 Å². The van der Waals surface area contributed by atoms with Crippen molar-refractivity contribution in [1.82, 2.24) is 0 Å². The molecule has 0 saturated heterocycles. The molecule has 0 atom stereocenters. The molecule has 0 aliphatic heterocycles. The maximum atomic E-state index is 4.29. The molecule has 0 amide bonds. The lowest BCUT2D eigenvalue weighted by Gasteiger charge is -2.03. The van der Waals surface area contributed by atoms with Gasteiger partial charge in [-0.3, -0.25) is 4.99 Å². The van der Waals surface area contributed by atoms with E-state index < -0.39 is 0 Å². The minimum absolute atomic E-state index is 0.661. The van der Waals surface area contributed by atoms with Gasteiger partial charge in [-0.25, -0.2) is 0 Å². The van der Waals surface area contributed by atoms with E-state index in [2.05, 4.69) is 31.6 Å². The summed E-state index contributed by atoms with van der Waals surface area (Å²) >= 11 is 0. The van der Waals surface area contributed by atoms with Crippen LogP contribution in [0, 0.1) is 5.92 Å². The molecule has 0 aromatic rings. The fourth-order valence-electron chi connectivity index (χ4n) is 0.857. The van der Waals surface area contributed by atoms with Gasteiger partial charge in [-0.15, -0.1) is 0 Å². The van der Waals surface area contributed by atoms with Crippen molar-refractivity contribution in [2.24, 2.45) is 10.9 Å². The Labute approximate surface area is 70.2 Å². The Morgan fingerprint density at radius 2 is 2.00 bits per heavy atom. The van der Waals surface area contributed by atoms with Gasteiger partial charge in [0.15, 0.2) is 0 Å². The summed E-state index contributed by atoms with van der Waals surface area (Å²) < 4.78 is 0. The summed E-state index contributed by atoms with van der Waals surface area (Å²) in [6, 6.07) is 0. The first kappa shape index (κ1) is 10.4. The Hall–Kier alpha value is -0.590. The number of aliphatic imine (C=N–C) groups is 1. The highest BCUT2D eigenvalue weighted by Gasteiger charge is 1.96. The molecule has 0 aromatic heterocycles. The zero-order chi connectivity index (χ0) is 8.69. The number of hydrogen-bond acceptors (Lipinski definition) is 1. The van der Waals surface area contributed by atoms with Gasteiger partial charge in [0.2, 0.25) is 0 Å². The first-order valence-electron chi connectivity index (χ1n) is 4.35. The molecule has 0 radical (unpaired) electrons. The van der Waals surface area contributed by atoms with Crippen LogP contribution in [-0.2, 0) is 0 Å². The first-order valence-corrected chi connectivity index (χ1v) is 4.35. The van der Waals surface area contributed by atoms with E-state index in [1.165, 1.54) is 12.8 Å². The van der Waals surface area contributed by atoms with Crippen LogP contribution in [0.25, 0.3) is 0 Å². The summed E-state index contributed by atoms with van der Waals surface area (Å²) in [5, 5.41) is 0. The second-order valence-corrected chi connectivity index (χ2v) is 3.02. The summed E-state index contributed by atoms with van der Waals surface area (Å²) in [4.78, 5) is 4.29. The standard InChI is InChI=1S/C10H19N/c1-5-10(6-2)8-11-7-9(3)4/h8,10H,3,5-7H2,1-2,4H3. The molecule has 64 valence electrons. The predicted molar refractivity (Wildman–Crippen MR) is 52.2 cm³/mol. The first-order chi connectivity index (χ1) is 5.20. The normalized spacial score (nSPS) is 11.3. The zero-order valence-electron chi connectivity index (χ0n) is 7.93. The third-order valence-electron chi connectivity index (χ3n) is 1.73. The quantitative estimate of drug-likeness (QED) is 0.425. The molecule has 0 saturated carbocycles. The molecule has 0 aliphatic rings. The third kappa shape index (κ3) is 5.84. The molecule has 0 heterocycles. The van der Waals surface area contributed by atoms with Crippen molar-refractivity contribution in [2.45, 2.75) is 33.6 Å². The van der Waals surface area contributed by atoms with Gasteiger partial charge in [-0.05, 0) is 25.7 Å². The lowest BCUT2D eigenvalue weighted by Crippen LogP contribution is -1.98. The lowest BCUT2D eigenvalue weighted by atomic mass is 10.1.